The molecule has 0 bridgehead atoms. The number of morpholine rings is 1. The van der Waals surface area contributed by atoms with Gasteiger partial charge in [0, 0.05) is 30.6 Å². The molecule has 0 saturated carbocycles. The molecule has 0 unspecified atom stereocenters. The Balaban J connectivity index is 1.43. The third-order valence-electron chi connectivity index (χ3n) is 4.91. The largest absolute Gasteiger partial charge is 0.379 e. The lowest BCUT2D eigenvalue weighted by molar-refractivity contribution is 0.0332. The maximum absolute atomic E-state index is 12.5. The van der Waals surface area contributed by atoms with E-state index in [-0.39, 0.29) is 11.7 Å². The molecule has 9 heteroatoms. The number of aromatic nitrogens is 2. The number of imidazole rings is 1. The van der Waals surface area contributed by atoms with Crippen LogP contribution in [0.5, 0.6) is 0 Å². The molecule has 2 N–H and O–H groups in total. The van der Waals surface area contributed by atoms with Gasteiger partial charge in [0.15, 0.2) is 9.84 Å². The first-order valence-electron chi connectivity index (χ1n) is 9.72. The number of hydrogen-bond donors (Lipinski definition) is 2. The second kappa shape index (κ2) is 8.55. The number of ether oxygens (including phenoxy) is 1. The fraction of sp³-hybridized carbons (Fsp3) is 0.333. The van der Waals surface area contributed by atoms with Crippen LogP contribution in [-0.4, -0.2) is 61.8 Å². The van der Waals surface area contributed by atoms with Gasteiger partial charge < -0.3 is 15.0 Å². The lowest BCUT2D eigenvalue weighted by Gasteiger charge is -2.25. The van der Waals surface area contributed by atoms with Crippen molar-refractivity contribution >= 4 is 32.5 Å². The van der Waals surface area contributed by atoms with E-state index in [9.17, 15) is 13.2 Å². The molecule has 4 rings (SSSR count). The predicted molar refractivity (Wildman–Crippen MR) is 115 cm³/mol. The first kappa shape index (κ1) is 20.5. The average Bonchev–Trinajstić information content (AvgIpc) is 3.09. The van der Waals surface area contributed by atoms with Gasteiger partial charge >= 0.3 is 0 Å². The van der Waals surface area contributed by atoms with Gasteiger partial charge in [0.2, 0.25) is 0 Å². The Morgan fingerprint density at radius 3 is 2.60 bits per heavy atom. The molecular formula is C21H24N4O4S. The summed E-state index contributed by atoms with van der Waals surface area (Å²) in [4.78, 5) is 22.8. The SMILES string of the molecule is CS(=O)(=O)Cc1ccc(C(=O)Nc2ccc3nc(CN4CCOCC4)[nH]c3c2)cc1. The van der Waals surface area contributed by atoms with Gasteiger partial charge in [-0.05, 0) is 35.9 Å². The molecular weight excluding hydrogens is 404 g/mol. The van der Waals surface area contributed by atoms with Crippen molar-refractivity contribution < 1.29 is 17.9 Å². The number of amides is 1. The van der Waals surface area contributed by atoms with E-state index in [1.54, 1.807) is 24.3 Å². The summed E-state index contributed by atoms with van der Waals surface area (Å²) in [6, 6.07) is 12.1. The number of nitrogens with one attached hydrogen (secondary N) is 2. The zero-order chi connectivity index (χ0) is 21.1. The number of carbonyl (C=O) groups excluding carboxylic acids is 1. The molecule has 1 aromatic heterocycles. The van der Waals surface area contributed by atoms with Crippen molar-refractivity contribution in [3.8, 4) is 0 Å². The minimum absolute atomic E-state index is 0.0435. The van der Waals surface area contributed by atoms with Crippen LogP contribution in [0.25, 0.3) is 11.0 Å². The number of carbonyl (C=O) groups is 1. The number of sulfone groups is 1. The molecule has 2 heterocycles. The van der Waals surface area contributed by atoms with Crippen molar-refractivity contribution in [3.05, 3.63) is 59.4 Å². The molecule has 1 aliphatic rings. The fourth-order valence-electron chi connectivity index (χ4n) is 3.44. The summed E-state index contributed by atoms with van der Waals surface area (Å²) in [5.41, 5.74) is 3.49. The van der Waals surface area contributed by atoms with E-state index in [0.29, 0.717) is 16.8 Å². The zero-order valence-electron chi connectivity index (χ0n) is 16.7. The standard InChI is InChI=1S/C21H24N4O4S/c1-30(27,28)14-15-2-4-16(5-3-15)21(26)22-17-6-7-18-19(12-17)24-20(23-18)13-25-8-10-29-11-9-25/h2-7,12H,8-11,13-14H2,1H3,(H,22,26)(H,23,24). The second-order valence-electron chi connectivity index (χ2n) is 7.53. The van der Waals surface area contributed by atoms with E-state index in [1.807, 2.05) is 18.2 Å². The predicted octanol–water partition coefficient (Wildman–Crippen LogP) is 2.19. The number of rotatable bonds is 6. The van der Waals surface area contributed by atoms with E-state index in [4.69, 9.17) is 4.74 Å². The van der Waals surface area contributed by atoms with Crippen LogP contribution in [0.4, 0.5) is 5.69 Å². The summed E-state index contributed by atoms with van der Waals surface area (Å²) in [6.07, 6.45) is 1.19. The van der Waals surface area contributed by atoms with E-state index in [2.05, 4.69) is 20.2 Å². The highest BCUT2D eigenvalue weighted by Crippen LogP contribution is 2.19. The second-order valence-corrected chi connectivity index (χ2v) is 9.67. The van der Waals surface area contributed by atoms with Crippen LogP contribution in [0.15, 0.2) is 42.5 Å². The van der Waals surface area contributed by atoms with Crippen LogP contribution in [0, 0.1) is 0 Å². The lowest BCUT2D eigenvalue weighted by Crippen LogP contribution is -2.35. The number of anilines is 1. The molecule has 0 radical (unpaired) electrons. The van der Waals surface area contributed by atoms with Crippen LogP contribution in [0.1, 0.15) is 21.7 Å². The fourth-order valence-corrected chi connectivity index (χ4v) is 4.24. The minimum Gasteiger partial charge on any atom is -0.379 e. The molecule has 158 valence electrons. The minimum atomic E-state index is -3.11. The molecule has 1 amide bonds. The number of hydrogen-bond acceptors (Lipinski definition) is 6. The van der Waals surface area contributed by atoms with Crippen molar-refractivity contribution in [2.75, 3.05) is 37.9 Å². The Labute approximate surface area is 175 Å². The highest BCUT2D eigenvalue weighted by molar-refractivity contribution is 7.89. The number of fused-ring (bicyclic) bond motifs is 1. The van der Waals surface area contributed by atoms with E-state index < -0.39 is 9.84 Å². The molecule has 1 fully saturated rings. The third kappa shape index (κ3) is 5.24. The van der Waals surface area contributed by atoms with Gasteiger partial charge in [-0.1, -0.05) is 12.1 Å². The quantitative estimate of drug-likeness (QED) is 0.624. The maximum Gasteiger partial charge on any atom is 0.255 e. The molecule has 30 heavy (non-hydrogen) atoms. The summed E-state index contributed by atoms with van der Waals surface area (Å²) in [5, 5.41) is 2.88. The Bertz CT molecular complexity index is 1150. The Hall–Kier alpha value is -2.75. The van der Waals surface area contributed by atoms with Gasteiger partial charge in [-0.15, -0.1) is 0 Å². The highest BCUT2D eigenvalue weighted by Gasteiger charge is 2.14. The van der Waals surface area contributed by atoms with Gasteiger partial charge in [0.25, 0.3) is 5.91 Å². The average molecular weight is 429 g/mol. The zero-order valence-corrected chi connectivity index (χ0v) is 17.5. The van der Waals surface area contributed by atoms with Gasteiger partial charge in [-0.25, -0.2) is 13.4 Å². The third-order valence-corrected chi connectivity index (χ3v) is 5.77. The number of benzene rings is 2. The molecule has 1 aliphatic heterocycles. The molecule has 3 aromatic rings. The van der Waals surface area contributed by atoms with Crippen LogP contribution in [0.2, 0.25) is 0 Å². The van der Waals surface area contributed by atoms with E-state index in [0.717, 1.165) is 49.7 Å². The Morgan fingerprint density at radius 1 is 1.17 bits per heavy atom. The van der Waals surface area contributed by atoms with Gasteiger partial charge in [0.05, 0.1) is 36.5 Å². The summed E-state index contributed by atoms with van der Waals surface area (Å²) >= 11 is 0. The Kier molecular flexibility index (Phi) is 5.85. The Morgan fingerprint density at radius 2 is 1.90 bits per heavy atom. The van der Waals surface area contributed by atoms with E-state index >= 15 is 0 Å². The summed E-state index contributed by atoms with van der Waals surface area (Å²) in [7, 11) is -3.11. The monoisotopic (exact) mass is 428 g/mol. The molecule has 0 aliphatic carbocycles. The highest BCUT2D eigenvalue weighted by atomic mass is 32.2. The molecule has 1 saturated heterocycles. The maximum atomic E-state index is 12.5. The summed E-state index contributed by atoms with van der Waals surface area (Å²) < 4.78 is 28.1. The summed E-state index contributed by atoms with van der Waals surface area (Å²) in [5.74, 6) is 0.586. The lowest BCUT2D eigenvalue weighted by atomic mass is 10.1. The van der Waals surface area contributed by atoms with Crippen molar-refractivity contribution in [2.45, 2.75) is 12.3 Å². The van der Waals surface area contributed by atoms with E-state index in [1.165, 1.54) is 6.26 Å². The topological polar surface area (TPSA) is 104 Å². The molecule has 2 aromatic carbocycles. The van der Waals surface area contributed by atoms with Crippen LogP contribution >= 0.6 is 0 Å². The van der Waals surface area contributed by atoms with Crippen LogP contribution < -0.4 is 5.32 Å². The first-order valence-corrected chi connectivity index (χ1v) is 11.8. The van der Waals surface area contributed by atoms with Crippen molar-refractivity contribution in [2.24, 2.45) is 0 Å². The van der Waals surface area contributed by atoms with Gasteiger partial charge in [-0.2, -0.15) is 0 Å². The molecule has 0 spiro atoms. The smallest absolute Gasteiger partial charge is 0.255 e. The number of aromatic amines is 1. The van der Waals surface area contributed by atoms with Crippen molar-refractivity contribution in [1.82, 2.24) is 14.9 Å². The first-order chi connectivity index (χ1) is 14.4. The van der Waals surface area contributed by atoms with Gasteiger partial charge in [0.1, 0.15) is 5.82 Å². The molecule has 0 atom stereocenters. The number of H-pyrrole nitrogens is 1. The van der Waals surface area contributed by atoms with Crippen molar-refractivity contribution in [3.63, 3.8) is 0 Å². The number of nitrogens with zero attached hydrogens (tertiary/aromatic N) is 2. The van der Waals surface area contributed by atoms with Crippen molar-refractivity contribution in [1.29, 1.82) is 0 Å². The normalized spacial score (nSPS) is 15.4. The van der Waals surface area contributed by atoms with Crippen LogP contribution in [0.3, 0.4) is 0 Å². The molecule has 8 nitrogen and oxygen atoms in total. The van der Waals surface area contributed by atoms with Crippen LogP contribution in [-0.2, 0) is 26.9 Å². The van der Waals surface area contributed by atoms with Gasteiger partial charge in [-0.3, -0.25) is 9.69 Å². The summed E-state index contributed by atoms with van der Waals surface area (Å²) in [6.45, 7) is 4.00.